The third-order valence-corrected chi connectivity index (χ3v) is 4.23. The predicted octanol–water partition coefficient (Wildman–Crippen LogP) is 1.73. The SMILES string of the molecule is O=C(COC(=O)c1cc(=O)[nH]c2ccccc12)NCc1ccc2c(c1)OCO2. The van der Waals surface area contributed by atoms with Crippen LogP contribution < -0.4 is 20.3 Å². The van der Waals surface area contributed by atoms with Gasteiger partial charge < -0.3 is 24.5 Å². The van der Waals surface area contributed by atoms with E-state index in [-0.39, 0.29) is 18.9 Å². The molecule has 1 amide bonds. The minimum absolute atomic E-state index is 0.114. The minimum Gasteiger partial charge on any atom is -0.454 e. The molecule has 1 aliphatic rings. The average molecular weight is 380 g/mol. The smallest absolute Gasteiger partial charge is 0.339 e. The molecule has 0 bridgehead atoms. The Morgan fingerprint density at radius 1 is 1.07 bits per heavy atom. The van der Waals surface area contributed by atoms with Crippen LogP contribution in [0.2, 0.25) is 0 Å². The van der Waals surface area contributed by atoms with Gasteiger partial charge in [-0.2, -0.15) is 0 Å². The summed E-state index contributed by atoms with van der Waals surface area (Å²) in [5.41, 5.74) is 1.04. The monoisotopic (exact) mass is 380 g/mol. The highest BCUT2D eigenvalue weighted by molar-refractivity contribution is 6.03. The first-order valence-electron chi connectivity index (χ1n) is 8.54. The second-order valence-corrected chi connectivity index (χ2v) is 6.13. The molecule has 28 heavy (non-hydrogen) atoms. The zero-order valence-electron chi connectivity index (χ0n) is 14.7. The molecule has 2 heterocycles. The number of ether oxygens (including phenoxy) is 3. The van der Waals surface area contributed by atoms with Crippen molar-refractivity contribution >= 4 is 22.8 Å². The van der Waals surface area contributed by atoms with Crippen molar-refractivity contribution in [3.63, 3.8) is 0 Å². The van der Waals surface area contributed by atoms with E-state index in [9.17, 15) is 14.4 Å². The van der Waals surface area contributed by atoms with Gasteiger partial charge in [0, 0.05) is 23.5 Å². The van der Waals surface area contributed by atoms with Crippen molar-refractivity contribution in [1.29, 1.82) is 0 Å². The summed E-state index contributed by atoms with van der Waals surface area (Å²) >= 11 is 0. The molecule has 0 unspecified atom stereocenters. The number of fused-ring (bicyclic) bond motifs is 2. The summed E-state index contributed by atoms with van der Waals surface area (Å²) in [5.74, 6) is 0.0918. The van der Waals surface area contributed by atoms with Gasteiger partial charge in [0.15, 0.2) is 18.1 Å². The number of esters is 1. The lowest BCUT2D eigenvalue weighted by molar-refractivity contribution is -0.124. The van der Waals surface area contributed by atoms with Gasteiger partial charge in [-0.1, -0.05) is 24.3 Å². The molecule has 0 spiro atoms. The molecule has 8 heteroatoms. The van der Waals surface area contributed by atoms with Crippen LogP contribution in [0.5, 0.6) is 11.5 Å². The summed E-state index contributed by atoms with van der Waals surface area (Å²) in [6.45, 7) is -0.0242. The Balaban J connectivity index is 1.36. The van der Waals surface area contributed by atoms with Gasteiger partial charge in [0.25, 0.3) is 5.91 Å². The van der Waals surface area contributed by atoms with Gasteiger partial charge in [0.1, 0.15) is 0 Å². The summed E-state index contributed by atoms with van der Waals surface area (Å²) < 4.78 is 15.6. The molecule has 8 nitrogen and oxygen atoms in total. The Morgan fingerprint density at radius 3 is 2.79 bits per heavy atom. The van der Waals surface area contributed by atoms with Gasteiger partial charge in [-0.25, -0.2) is 4.79 Å². The number of amides is 1. The maximum Gasteiger partial charge on any atom is 0.339 e. The van der Waals surface area contributed by atoms with Crippen LogP contribution in [0.4, 0.5) is 0 Å². The normalized spacial score (nSPS) is 12.0. The van der Waals surface area contributed by atoms with E-state index in [1.165, 1.54) is 0 Å². The van der Waals surface area contributed by atoms with E-state index in [1.807, 2.05) is 6.07 Å². The Bertz CT molecular complexity index is 1120. The van der Waals surface area contributed by atoms with Crippen molar-refractivity contribution in [2.45, 2.75) is 6.54 Å². The highest BCUT2D eigenvalue weighted by Crippen LogP contribution is 2.32. The zero-order valence-corrected chi connectivity index (χ0v) is 14.7. The van der Waals surface area contributed by atoms with E-state index in [1.54, 1.807) is 36.4 Å². The van der Waals surface area contributed by atoms with Crippen molar-refractivity contribution in [3.05, 3.63) is 70.0 Å². The van der Waals surface area contributed by atoms with Gasteiger partial charge in [0.05, 0.1) is 5.56 Å². The fraction of sp³-hybridized carbons (Fsp3) is 0.150. The first-order valence-corrected chi connectivity index (χ1v) is 8.54. The fourth-order valence-corrected chi connectivity index (χ4v) is 2.88. The lowest BCUT2D eigenvalue weighted by Gasteiger charge is -2.08. The maximum atomic E-state index is 12.3. The Labute approximate surface area is 159 Å². The molecule has 3 aromatic rings. The molecule has 1 aliphatic heterocycles. The molecule has 0 radical (unpaired) electrons. The number of para-hydroxylation sites is 1. The molecule has 0 aliphatic carbocycles. The molecular formula is C20H16N2O6. The molecule has 0 saturated heterocycles. The Kier molecular flexibility index (Phi) is 4.67. The van der Waals surface area contributed by atoms with Crippen LogP contribution in [0, 0.1) is 0 Å². The molecule has 2 N–H and O–H groups in total. The number of carbonyl (C=O) groups is 2. The number of nitrogens with one attached hydrogen (secondary N) is 2. The first-order chi connectivity index (χ1) is 13.6. The summed E-state index contributed by atoms with van der Waals surface area (Å²) in [4.78, 5) is 38.7. The summed E-state index contributed by atoms with van der Waals surface area (Å²) in [7, 11) is 0. The van der Waals surface area contributed by atoms with Gasteiger partial charge in [-0.15, -0.1) is 0 Å². The van der Waals surface area contributed by atoms with E-state index in [0.29, 0.717) is 22.4 Å². The maximum absolute atomic E-state index is 12.3. The van der Waals surface area contributed by atoms with Gasteiger partial charge in [-0.3, -0.25) is 9.59 Å². The number of pyridine rings is 1. The summed E-state index contributed by atoms with van der Waals surface area (Å²) in [6, 6.07) is 13.4. The van der Waals surface area contributed by atoms with E-state index < -0.39 is 24.0 Å². The average Bonchev–Trinajstić information content (AvgIpc) is 3.17. The number of aromatic amines is 1. The predicted molar refractivity (Wildman–Crippen MR) is 99.3 cm³/mol. The number of hydrogen-bond acceptors (Lipinski definition) is 6. The second kappa shape index (κ2) is 7.43. The second-order valence-electron chi connectivity index (χ2n) is 6.13. The van der Waals surface area contributed by atoms with E-state index >= 15 is 0 Å². The van der Waals surface area contributed by atoms with Crippen LogP contribution in [0.25, 0.3) is 10.9 Å². The van der Waals surface area contributed by atoms with Crippen molar-refractivity contribution in [2.75, 3.05) is 13.4 Å². The van der Waals surface area contributed by atoms with Crippen molar-refractivity contribution < 1.29 is 23.8 Å². The third kappa shape index (κ3) is 3.66. The van der Waals surface area contributed by atoms with Gasteiger partial charge >= 0.3 is 5.97 Å². The highest BCUT2D eigenvalue weighted by Gasteiger charge is 2.16. The lowest BCUT2D eigenvalue weighted by Crippen LogP contribution is -2.28. The van der Waals surface area contributed by atoms with Crippen LogP contribution in [-0.4, -0.2) is 30.3 Å². The number of carbonyl (C=O) groups excluding carboxylic acids is 2. The van der Waals surface area contributed by atoms with Crippen LogP contribution in [0.15, 0.2) is 53.3 Å². The number of H-pyrrole nitrogens is 1. The van der Waals surface area contributed by atoms with Crippen LogP contribution in [0.3, 0.4) is 0 Å². The van der Waals surface area contributed by atoms with Crippen molar-refractivity contribution in [1.82, 2.24) is 10.3 Å². The van der Waals surface area contributed by atoms with E-state index in [0.717, 1.165) is 11.6 Å². The van der Waals surface area contributed by atoms with Crippen LogP contribution >= 0.6 is 0 Å². The van der Waals surface area contributed by atoms with Gasteiger partial charge in [0.2, 0.25) is 12.4 Å². The van der Waals surface area contributed by atoms with Crippen LogP contribution in [0.1, 0.15) is 15.9 Å². The topological polar surface area (TPSA) is 107 Å². The van der Waals surface area contributed by atoms with Crippen molar-refractivity contribution in [3.8, 4) is 11.5 Å². The summed E-state index contributed by atoms with van der Waals surface area (Å²) in [5, 5.41) is 3.21. The first kappa shape index (κ1) is 17.6. The number of hydrogen-bond donors (Lipinski definition) is 2. The molecule has 1 aromatic heterocycles. The largest absolute Gasteiger partial charge is 0.454 e. The zero-order chi connectivity index (χ0) is 19.5. The van der Waals surface area contributed by atoms with E-state index in [4.69, 9.17) is 14.2 Å². The standard InChI is InChI=1S/C20H16N2O6/c23-18-8-14(13-3-1-2-4-15(13)22-18)20(25)26-10-19(24)21-9-12-5-6-16-17(7-12)28-11-27-16/h1-8H,9-11H2,(H,21,24)(H,22,23). The number of aromatic nitrogens is 1. The van der Waals surface area contributed by atoms with Crippen molar-refractivity contribution in [2.24, 2.45) is 0 Å². The third-order valence-electron chi connectivity index (χ3n) is 4.23. The quantitative estimate of drug-likeness (QED) is 0.653. The molecule has 0 saturated carbocycles. The Morgan fingerprint density at radius 2 is 1.89 bits per heavy atom. The van der Waals surface area contributed by atoms with Crippen LogP contribution in [-0.2, 0) is 16.1 Å². The fourth-order valence-electron chi connectivity index (χ4n) is 2.88. The molecule has 0 atom stereocenters. The molecule has 142 valence electrons. The molecule has 4 rings (SSSR count). The van der Waals surface area contributed by atoms with E-state index in [2.05, 4.69) is 10.3 Å². The van der Waals surface area contributed by atoms with Gasteiger partial charge in [-0.05, 0) is 23.8 Å². The highest BCUT2D eigenvalue weighted by atomic mass is 16.7. The lowest BCUT2D eigenvalue weighted by atomic mass is 10.1. The molecule has 2 aromatic carbocycles. The summed E-state index contributed by atoms with van der Waals surface area (Å²) in [6.07, 6.45) is 0. The molecular weight excluding hydrogens is 364 g/mol. The number of rotatable bonds is 5. The molecule has 0 fully saturated rings. The number of benzene rings is 2. The Hall–Kier alpha value is -3.81. The minimum atomic E-state index is -0.736.